The Kier molecular flexibility index (Phi) is 10.3. The van der Waals surface area contributed by atoms with Crippen LogP contribution in [-0.2, 0) is 4.74 Å². The maximum atomic E-state index is 13.2. The summed E-state index contributed by atoms with van der Waals surface area (Å²) >= 11 is 0. The van der Waals surface area contributed by atoms with E-state index in [1.165, 1.54) is 0 Å². The molecule has 3 amide bonds. The maximum absolute atomic E-state index is 13.2. The first-order chi connectivity index (χ1) is 15.3. The first-order valence-electron chi connectivity index (χ1n) is 11.6. The van der Waals surface area contributed by atoms with Gasteiger partial charge in [0.05, 0.1) is 11.7 Å². The molecule has 0 radical (unpaired) electrons. The van der Waals surface area contributed by atoms with Gasteiger partial charge >= 0.3 is 6.03 Å². The molecule has 0 aromatic heterocycles. The summed E-state index contributed by atoms with van der Waals surface area (Å²) in [4.78, 5) is 29.4. The minimum Gasteiger partial charge on any atom is -0.491 e. The van der Waals surface area contributed by atoms with Gasteiger partial charge in [0.1, 0.15) is 12.4 Å². The van der Waals surface area contributed by atoms with Crippen molar-refractivity contribution < 1.29 is 19.1 Å². The summed E-state index contributed by atoms with van der Waals surface area (Å²) in [6.07, 6.45) is 1.84. The molecule has 2 N–H and O–H groups in total. The predicted octanol–water partition coefficient (Wildman–Crippen LogP) is 3.43. The van der Waals surface area contributed by atoms with Crippen LogP contribution in [0, 0.1) is 5.92 Å². The van der Waals surface area contributed by atoms with Gasteiger partial charge in [0, 0.05) is 51.6 Å². The lowest BCUT2D eigenvalue weighted by molar-refractivity contribution is 0.0108. The highest BCUT2D eigenvalue weighted by Crippen LogP contribution is 2.26. The van der Waals surface area contributed by atoms with Gasteiger partial charge in [-0.15, -0.1) is 0 Å². The van der Waals surface area contributed by atoms with Crippen LogP contribution in [0.25, 0.3) is 0 Å². The Bertz CT molecular complexity index is 758. The highest BCUT2D eigenvalue weighted by molar-refractivity contribution is 5.98. The second kappa shape index (κ2) is 12.6. The number of urea groups is 1. The summed E-state index contributed by atoms with van der Waals surface area (Å²) in [5.41, 5.74) is 1.06. The molecule has 0 spiro atoms. The molecule has 8 nitrogen and oxygen atoms in total. The number of rotatable bonds is 6. The van der Waals surface area contributed by atoms with Crippen LogP contribution in [-0.4, -0.2) is 80.8 Å². The van der Waals surface area contributed by atoms with E-state index < -0.39 is 0 Å². The van der Waals surface area contributed by atoms with Gasteiger partial charge in [-0.2, -0.15) is 0 Å². The summed E-state index contributed by atoms with van der Waals surface area (Å²) in [7, 11) is 3.49. The molecule has 180 valence electrons. The fraction of sp³-hybridized carbons (Fsp3) is 0.667. The number of carbonyl (C=O) groups excluding carboxylic acids is 2. The van der Waals surface area contributed by atoms with Gasteiger partial charge in [-0.25, -0.2) is 4.79 Å². The van der Waals surface area contributed by atoms with E-state index in [9.17, 15) is 9.59 Å². The Balaban J connectivity index is 2.35. The van der Waals surface area contributed by atoms with Crippen molar-refractivity contribution in [1.82, 2.24) is 15.1 Å². The van der Waals surface area contributed by atoms with Gasteiger partial charge in [-0.3, -0.25) is 9.69 Å². The quantitative estimate of drug-likeness (QED) is 0.697. The van der Waals surface area contributed by atoms with E-state index in [1.54, 1.807) is 37.3 Å². The second-order valence-electron chi connectivity index (χ2n) is 8.68. The smallest absolute Gasteiger partial charge is 0.319 e. The molecule has 8 heteroatoms. The molecule has 1 aliphatic heterocycles. The maximum Gasteiger partial charge on any atom is 0.319 e. The number of hydrogen-bond acceptors (Lipinski definition) is 5. The van der Waals surface area contributed by atoms with Crippen molar-refractivity contribution in [1.29, 1.82) is 0 Å². The summed E-state index contributed by atoms with van der Waals surface area (Å²) < 4.78 is 11.9. The molecule has 0 fully saturated rings. The Morgan fingerprint density at radius 3 is 2.62 bits per heavy atom. The molecule has 32 heavy (non-hydrogen) atoms. The number of ether oxygens (including phenoxy) is 2. The van der Waals surface area contributed by atoms with Crippen molar-refractivity contribution in [3.05, 3.63) is 23.8 Å². The van der Waals surface area contributed by atoms with Gasteiger partial charge in [-0.05, 0) is 44.4 Å². The van der Waals surface area contributed by atoms with Crippen LogP contribution in [0.3, 0.4) is 0 Å². The minimum absolute atomic E-state index is 0.0671. The van der Waals surface area contributed by atoms with Gasteiger partial charge < -0.3 is 25.0 Å². The third-order valence-electron chi connectivity index (χ3n) is 5.88. The highest BCUT2D eigenvalue weighted by atomic mass is 16.5. The third kappa shape index (κ3) is 7.10. The normalized spacial score (nSPS) is 22.9. The van der Waals surface area contributed by atoms with Gasteiger partial charge in [0.25, 0.3) is 5.91 Å². The lowest BCUT2D eigenvalue weighted by Crippen LogP contribution is -2.46. The zero-order chi connectivity index (χ0) is 23.7. The number of nitrogens with one attached hydrogen (secondary N) is 2. The molecular formula is C24H40N4O4. The summed E-state index contributed by atoms with van der Waals surface area (Å²) in [5.74, 6) is 0.604. The van der Waals surface area contributed by atoms with Crippen molar-refractivity contribution in [2.45, 2.75) is 52.7 Å². The number of hydrogen-bond donors (Lipinski definition) is 2. The van der Waals surface area contributed by atoms with Crippen LogP contribution >= 0.6 is 0 Å². The van der Waals surface area contributed by atoms with Crippen LogP contribution in [0.2, 0.25) is 0 Å². The molecule has 0 unspecified atom stereocenters. The monoisotopic (exact) mass is 448 g/mol. The lowest BCUT2D eigenvalue weighted by atomic mass is 10.0. The number of amides is 3. The van der Waals surface area contributed by atoms with E-state index in [1.807, 2.05) is 6.92 Å². The van der Waals surface area contributed by atoms with E-state index in [4.69, 9.17) is 9.47 Å². The molecular weight excluding hydrogens is 408 g/mol. The Labute approximate surface area is 192 Å². The fourth-order valence-corrected chi connectivity index (χ4v) is 3.94. The van der Waals surface area contributed by atoms with Crippen LogP contribution in [0.4, 0.5) is 10.5 Å². The van der Waals surface area contributed by atoms with Gasteiger partial charge in [0.15, 0.2) is 0 Å². The Morgan fingerprint density at radius 2 is 1.97 bits per heavy atom. The zero-order valence-electron chi connectivity index (χ0n) is 20.4. The van der Waals surface area contributed by atoms with E-state index in [-0.39, 0.29) is 30.0 Å². The minimum atomic E-state index is -0.275. The molecule has 1 heterocycles. The van der Waals surface area contributed by atoms with Gasteiger partial charge in [0.2, 0.25) is 0 Å². The topological polar surface area (TPSA) is 83.1 Å². The molecule has 3 atom stereocenters. The average Bonchev–Trinajstić information content (AvgIpc) is 2.78. The van der Waals surface area contributed by atoms with Gasteiger partial charge in [-0.1, -0.05) is 20.8 Å². The first kappa shape index (κ1) is 25.9. The summed E-state index contributed by atoms with van der Waals surface area (Å²) in [6.45, 7) is 11.8. The van der Waals surface area contributed by atoms with E-state index in [0.717, 1.165) is 25.9 Å². The first-order valence-corrected chi connectivity index (χ1v) is 11.6. The number of anilines is 1. The van der Waals surface area contributed by atoms with Crippen molar-refractivity contribution in [2.24, 2.45) is 5.92 Å². The number of nitrogens with zero attached hydrogens (tertiary/aromatic N) is 2. The predicted molar refractivity (Wildman–Crippen MR) is 127 cm³/mol. The number of benzene rings is 1. The van der Waals surface area contributed by atoms with E-state index in [0.29, 0.717) is 36.7 Å². The van der Waals surface area contributed by atoms with Crippen LogP contribution in [0.1, 0.15) is 50.9 Å². The van der Waals surface area contributed by atoms with Crippen molar-refractivity contribution in [2.75, 3.05) is 52.3 Å². The largest absolute Gasteiger partial charge is 0.491 e. The highest BCUT2D eigenvalue weighted by Gasteiger charge is 2.28. The molecule has 0 saturated heterocycles. The molecule has 1 aliphatic rings. The number of methoxy groups -OCH3 is 1. The molecule has 1 aromatic rings. The Hall–Kier alpha value is -2.32. The number of carbonyl (C=O) groups is 2. The molecule has 2 rings (SSSR count). The number of fused-ring (bicyclic) bond motifs is 1. The second-order valence-corrected chi connectivity index (χ2v) is 8.68. The standard InChI is InChI=1S/C24H40N4O4/c1-7-11-25-24(30)26-19-9-10-20-21(13-19)32-16-18(4)28(12-8-2)14-17(3)22(31-6)15-27(5)23(20)29/h9-10,13,17-18,22H,7-8,11-12,14-16H2,1-6H3,(H2,25,26,30)/t17-,18+,22-/m1/s1. The average molecular weight is 449 g/mol. The molecule has 1 aromatic carbocycles. The van der Waals surface area contributed by atoms with Crippen molar-refractivity contribution >= 4 is 17.6 Å². The third-order valence-corrected chi connectivity index (χ3v) is 5.88. The van der Waals surface area contributed by atoms with Crippen LogP contribution in [0.15, 0.2) is 18.2 Å². The SMILES string of the molecule is CCCNC(=O)Nc1ccc2c(c1)OC[C@H](C)N(CCC)C[C@@H](C)[C@H](OC)CN(C)C2=O. The lowest BCUT2D eigenvalue weighted by Gasteiger charge is -2.35. The molecule has 0 saturated carbocycles. The van der Waals surface area contributed by atoms with Crippen molar-refractivity contribution in [3.63, 3.8) is 0 Å². The fourth-order valence-electron chi connectivity index (χ4n) is 3.94. The zero-order valence-corrected chi connectivity index (χ0v) is 20.4. The van der Waals surface area contributed by atoms with Crippen LogP contribution in [0.5, 0.6) is 5.75 Å². The van der Waals surface area contributed by atoms with E-state index in [2.05, 4.69) is 36.3 Å². The van der Waals surface area contributed by atoms with Crippen LogP contribution < -0.4 is 15.4 Å². The van der Waals surface area contributed by atoms with Crippen molar-refractivity contribution in [3.8, 4) is 5.75 Å². The molecule has 0 aliphatic carbocycles. The Morgan fingerprint density at radius 1 is 1.22 bits per heavy atom. The summed E-state index contributed by atoms with van der Waals surface area (Å²) in [5, 5.41) is 5.60. The van der Waals surface area contributed by atoms with E-state index >= 15 is 0 Å². The number of likely N-dealkylation sites (N-methyl/N-ethyl adjacent to an activating group) is 1. The summed E-state index contributed by atoms with van der Waals surface area (Å²) in [6, 6.07) is 5.07. The molecule has 0 bridgehead atoms.